The monoisotopic (exact) mass is 199 g/mol. The van der Waals surface area contributed by atoms with Gasteiger partial charge in [-0.15, -0.1) is 0 Å². The molecule has 0 radical (unpaired) electrons. The number of hydrogen-bond donors (Lipinski definition) is 1. The number of esters is 1. The van der Waals surface area contributed by atoms with Gasteiger partial charge in [-0.2, -0.15) is 13.2 Å². The number of alkyl halides is 3. The molecule has 0 aliphatic carbocycles. The first kappa shape index (κ1) is 12.2. The van der Waals surface area contributed by atoms with E-state index in [1.807, 2.05) is 0 Å². The topological polar surface area (TPSA) is 52.3 Å². The first-order chi connectivity index (χ1) is 5.93. The van der Waals surface area contributed by atoms with Gasteiger partial charge in [0.15, 0.2) is 5.92 Å². The van der Waals surface area contributed by atoms with Crippen LogP contribution in [0, 0.1) is 5.92 Å². The molecule has 1 atom stereocenters. The van der Waals surface area contributed by atoms with Crippen LogP contribution in [-0.2, 0) is 9.53 Å². The van der Waals surface area contributed by atoms with Crippen molar-refractivity contribution in [2.24, 2.45) is 11.7 Å². The highest BCUT2D eigenvalue weighted by atomic mass is 19.4. The number of nitrogens with two attached hydrogens (primary N) is 1. The van der Waals surface area contributed by atoms with Gasteiger partial charge in [-0.25, -0.2) is 0 Å². The maximum Gasteiger partial charge on any atom is 0.402 e. The van der Waals surface area contributed by atoms with Crippen LogP contribution in [0.5, 0.6) is 0 Å². The Morgan fingerprint density at radius 3 is 2.38 bits per heavy atom. The minimum absolute atomic E-state index is 0.0595. The summed E-state index contributed by atoms with van der Waals surface area (Å²) in [4.78, 5) is 10.8. The summed E-state index contributed by atoms with van der Waals surface area (Å²) in [7, 11) is 0. The smallest absolute Gasteiger partial charge is 0.402 e. The summed E-state index contributed by atoms with van der Waals surface area (Å²) >= 11 is 0. The highest BCUT2D eigenvalue weighted by Crippen LogP contribution is 2.29. The van der Waals surface area contributed by atoms with E-state index in [-0.39, 0.29) is 13.2 Å². The summed E-state index contributed by atoms with van der Waals surface area (Å²) in [5, 5.41) is 0. The van der Waals surface area contributed by atoms with Crippen LogP contribution < -0.4 is 5.73 Å². The van der Waals surface area contributed by atoms with E-state index >= 15 is 0 Å². The standard InChI is InChI=1S/C7H12F3NO2/c1-2-13-6(12)5(3-4-11)7(8,9)10/h5H,2-4,11H2,1H3. The molecule has 3 nitrogen and oxygen atoms in total. The van der Waals surface area contributed by atoms with Gasteiger partial charge < -0.3 is 10.5 Å². The zero-order valence-electron chi connectivity index (χ0n) is 7.23. The number of ether oxygens (including phenoxy) is 1. The molecule has 0 bridgehead atoms. The van der Waals surface area contributed by atoms with E-state index < -0.39 is 24.5 Å². The lowest BCUT2D eigenvalue weighted by atomic mass is 10.1. The summed E-state index contributed by atoms with van der Waals surface area (Å²) in [6.07, 6.45) is -4.99. The second kappa shape index (κ2) is 5.06. The second-order valence-electron chi connectivity index (χ2n) is 2.42. The Kier molecular flexibility index (Phi) is 4.76. The zero-order chi connectivity index (χ0) is 10.5. The van der Waals surface area contributed by atoms with Gasteiger partial charge in [0.05, 0.1) is 6.61 Å². The van der Waals surface area contributed by atoms with Crippen molar-refractivity contribution in [2.45, 2.75) is 19.5 Å². The second-order valence-corrected chi connectivity index (χ2v) is 2.42. The average Bonchev–Trinajstić information content (AvgIpc) is 1.98. The number of carbonyl (C=O) groups excluding carboxylic acids is 1. The Bertz CT molecular complexity index is 170. The van der Waals surface area contributed by atoms with Gasteiger partial charge in [0, 0.05) is 0 Å². The van der Waals surface area contributed by atoms with E-state index in [0.29, 0.717) is 0 Å². The first-order valence-corrected chi connectivity index (χ1v) is 3.86. The van der Waals surface area contributed by atoms with Gasteiger partial charge in [-0.3, -0.25) is 4.79 Å². The average molecular weight is 199 g/mol. The fraction of sp³-hybridized carbons (Fsp3) is 0.857. The molecule has 0 aromatic rings. The van der Waals surface area contributed by atoms with Crippen molar-refractivity contribution in [2.75, 3.05) is 13.2 Å². The molecule has 1 unspecified atom stereocenters. The highest BCUT2D eigenvalue weighted by molar-refractivity contribution is 5.73. The minimum atomic E-state index is -4.56. The fourth-order valence-corrected chi connectivity index (χ4v) is 0.825. The molecule has 0 amide bonds. The number of hydrogen-bond acceptors (Lipinski definition) is 3. The van der Waals surface area contributed by atoms with E-state index in [9.17, 15) is 18.0 Å². The molecule has 13 heavy (non-hydrogen) atoms. The molecular weight excluding hydrogens is 187 g/mol. The van der Waals surface area contributed by atoms with E-state index in [2.05, 4.69) is 4.74 Å². The number of rotatable bonds is 4. The Morgan fingerprint density at radius 2 is 2.08 bits per heavy atom. The molecule has 0 fully saturated rings. The highest BCUT2D eigenvalue weighted by Gasteiger charge is 2.45. The van der Waals surface area contributed by atoms with Crippen LogP contribution in [0.3, 0.4) is 0 Å². The lowest BCUT2D eigenvalue weighted by Crippen LogP contribution is -2.34. The molecular formula is C7H12F3NO2. The van der Waals surface area contributed by atoms with Crippen LogP contribution in [0.4, 0.5) is 13.2 Å². The molecule has 0 aromatic heterocycles. The Hall–Kier alpha value is -0.780. The molecule has 0 saturated carbocycles. The van der Waals surface area contributed by atoms with Crippen molar-refractivity contribution in [3.63, 3.8) is 0 Å². The van der Waals surface area contributed by atoms with E-state index in [1.54, 1.807) is 0 Å². The Balaban J connectivity index is 4.33. The molecule has 0 aromatic carbocycles. The number of carbonyl (C=O) groups is 1. The third kappa shape index (κ3) is 4.12. The first-order valence-electron chi connectivity index (χ1n) is 3.86. The van der Waals surface area contributed by atoms with E-state index in [0.717, 1.165) is 0 Å². The molecule has 2 N–H and O–H groups in total. The van der Waals surface area contributed by atoms with Crippen molar-refractivity contribution in [3.05, 3.63) is 0 Å². The largest absolute Gasteiger partial charge is 0.466 e. The van der Waals surface area contributed by atoms with Crippen molar-refractivity contribution in [1.82, 2.24) is 0 Å². The van der Waals surface area contributed by atoms with E-state index in [1.165, 1.54) is 6.92 Å². The third-order valence-corrected chi connectivity index (χ3v) is 1.42. The van der Waals surface area contributed by atoms with Crippen LogP contribution in [-0.4, -0.2) is 25.3 Å². The SMILES string of the molecule is CCOC(=O)C(CCN)C(F)(F)F. The van der Waals surface area contributed by atoms with Crippen LogP contribution in [0.1, 0.15) is 13.3 Å². The molecule has 0 rings (SSSR count). The van der Waals surface area contributed by atoms with Gasteiger partial charge in [0.25, 0.3) is 0 Å². The predicted octanol–water partition coefficient (Wildman–Crippen LogP) is 1.08. The lowest BCUT2D eigenvalue weighted by Gasteiger charge is -2.17. The summed E-state index contributed by atoms with van der Waals surface area (Å²) in [6.45, 7) is 1.20. The summed E-state index contributed by atoms with van der Waals surface area (Å²) < 4.78 is 40.6. The summed E-state index contributed by atoms with van der Waals surface area (Å²) in [5.41, 5.74) is 4.95. The molecule has 0 aliphatic heterocycles. The maximum absolute atomic E-state index is 12.1. The van der Waals surface area contributed by atoms with Crippen molar-refractivity contribution >= 4 is 5.97 Å². The lowest BCUT2D eigenvalue weighted by molar-refractivity contribution is -0.198. The van der Waals surface area contributed by atoms with Gasteiger partial charge in [-0.1, -0.05) is 0 Å². The van der Waals surface area contributed by atoms with Crippen molar-refractivity contribution in [3.8, 4) is 0 Å². The molecule has 6 heteroatoms. The predicted molar refractivity (Wildman–Crippen MR) is 39.8 cm³/mol. The molecule has 0 spiro atoms. The van der Waals surface area contributed by atoms with Crippen molar-refractivity contribution in [1.29, 1.82) is 0 Å². The molecule has 0 heterocycles. The van der Waals surface area contributed by atoms with Crippen LogP contribution in [0.25, 0.3) is 0 Å². The van der Waals surface area contributed by atoms with Crippen molar-refractivity contribution < 1.29 is 22.7 Å². The van der Waals surface area contributed by atoms with Gasteiger partial charge in [0.1, 0.15) is 0 Å². The minimum Gasteiger partial charge on any atom is -0.466 e. The summed E-state index contributed by atoms with van der Waals surface area (Å²) in [6, 6.07) is 0. The van der Waals surface area contributed by atoms with Crippen LogP contribution >= 0.6 is 0 Å². The number of halogens is 3. The summed E-state index contributed by atoms with van der Waals surface area (Å²) in [5.74, 6) is -3.34. The Morgan fingerprint density at radius 1 is 1.54 bits per heavy atom. The normalized spacial score (nSPS) is 13.9. The van der Waals surface area contributed by atoms with Gasteiger partial charge >= 0.3 is 12.1 Å². The maximum atomic E-state index is 12.1. The quantitative estimate of drug-likeness (QED) is 0.689. The van der Waals surface area contributed by atoms with E-state index in [4.69, 9.17) is 5.73 Å². The van der Waals surface area contributed by atoms with Crippen LogP contribution in [0.15, 0.2) is 0 Å². The molecule has 78 valence electrons. The van der Waals surface area contributed by atoms with Crippen LogP contribution in [0.2, 0.25) is 0 Å². The van der Waals surface area contributed by atoms with Gasteiger partial charge in [-0.05, 0) is 19.9 Å². The zero-order valence-corrected chi connectivity index (χ0v) is 7.23. The Labute approximate surface area is 74.0 Å². The molecule has 0 saturated heterocycles. The molecule has 0 aliphatic rings. The fourth-order valence-electron chi connectivity index (χ4n) is 0.825. The third-order valence-electron chi connectivity index (χ3n) is 1.42. The van der Waals surface area contributed by atoms with Gasteiger partial charge in [0.2, 0.25) is 0 Å².